The fourth-order valence-electron chi connectivity index (χ4n) is 2.47. The van der Waals surface area contributed by atoms with Crippen molar-refractivity contribution in [2.45, 2.75) is 12.0 Å². The van der Waals surface area contributed by atoms with Crippen LogP contribution >= 0.6 is 35.7 Å². The molecule has 0 aromatic rings. The highest BCUT2D eigenvalue weighted by molar-refractivity contribution is 14.0. The predicted octanol–water partition coefficient (Wildman–Crippen LogP) is 0.346. The fraction of sp³-hybridized carbons (Fsp3) is 0.909. The summed E-state index contributed by atoms with van der Waals surface area (Å²) in [5.41, 5.74) is 5.97. The lowest BCUT2D eigenvalue weighted by Gasteiger charge is -2.43. The highest BCUT2D eigenvalue weighted by Crippen LogP contribution is 2.33. The summed E-state index contributed by atoms with van der Waals surface area (Å²) in [6, 6.07) is 0. The molecule has 2 aliphatic heterocycles. The van der Waals surface area contributed by atoms with Crippen molar-refractivity contribution in [1.82, 2.24) is 10.2 Å². The molecule has 2 aliphatic rings. The van der Waals surface area contributed by atoms with Gasteiger partial charge < -0.3 is 15.8 Å². The molecule has 1 atom stereocenters. The number of morpholine rings is 1. The molecule has 0 bridgehead atoms. The predicted molar refractivity (Wildman–Crippen MR) is 88.0 cm³/mol. The van der Waals surface area contributed by atoms with E-state index in [-0.39, 0.29) is 29.5 Å². The molecule has 2 rings (SSSR count). The summed E-state index contributed by atoms with van der Waals surface area (Å²) in [6.45, 7) is 4.66. The first-order chi connectivity index (χ1) is 8.27. The number of hydrogen-bond acceptors (Lipinski definition) is 4. The Kier molecular flexibility index (Phi) is 7.04. The van der Waals surface area contributed by atoms with Gasteiger partial charge in [0, 0.05) is 38.0 Å². The van der Waals surface area contributed by atoms with Crippen molar-refractivity contribution in [1.29, 1.82) is 0 Å². The van der Waals surface area contributed by atoms with Crippen LogP contribution in [0, 0.1) is 0 Å². The molecule has 0 spiro atoms. The first-order valence-electron chi connectivity index (χ1n) is 6.13. The van der Waals surface area contributed by atoms with Crippen LogP contribution < -0.4 is 11.1 Å². The number of nitrogens with zero attached hydrogens (tertiary/aromatic N) is 2. The van der Waals surface area contributed by atoms with E-state index in [2.05, 4.69) is 15.2 Å². The second-order valence-electron chi connectivity index (χ2n) is 4.59. The van der Waals surface area contributed by atoms with E-state index in [1.54, 1.807) is 7.05 Å². The molecule has 0 saturated carbocycles. The van der Waals surface area contributed by atoms with E-state index in [1.165, 1.54) is 17.9 Å². The minimum absolute atomic E-state index is 0. The van der Waals surface area contributed by atoms with Gasteiger partial charge in [-0.2, -0.15) is 11.8 Å². The minimum atomic E-state index is 0. The van der Waals surface area contributed by atoms with Crippen LogP contribution in [-0.2, 0) is 4.74 Å². The maximum atomic E-state index is 5.73. The fourth-order valence-corrected chi connectivity index (χ4v) is 3.95. The molecule has 0 amide bonds. The summed E-state index contributed by atoms with van der Waals surface area (Å²) in [7, 11) is 1.72. The Morgan fingerprint density at radius 2 is 2.22 bits per heavy atom. The number of ether oxygens (including phenoxy) is 1. The van der Waals surface area contributed by atoms with Crippen LogP contribution in [0.15, 0.2) is 4.99 Å². The number of aliphatic imine (C=N–C) groups is 1. The average molecular weight is 386 g/mol. The van der Waals surface area contributed by atoms with Crippen molar-refractivity contribution >= 4 is 41.7 Å². The summed E-state index contributed by atoms with van der Waals surface area (Å²) in [6.07, 6.45) is 1.22. The Morgan fingerprint density at radius 1 is 1.50 bits per heavy atom. The number of hydrogen-bond donors (Lipinski definition) is 2. The first-order valence-corrected chi connectivity index (χ1v) is 7.29. The Balaban J connectivity index is 0.00000162. The molecular formula is C11H23IN4OS. The van der Waals surface area contributed by atoms with Gasteiger partial charge in [0.25, 0.3) is 0 Å². The number of rotatable bonds is 3. The van der Waals surface area contributed by atoms with Crippen molar-refractivity contribution in [3.63, 3.8) is 0 Å². The summed E-state index contributed by atoms with van der Waals surface area (Å²) in [4.78, 5) is 6.52. The lowest BCUT2D eigenvalue weighted by atomic mass is 9.95. The van der Waals surface area contributed by atoms with E-state index >= 15 is 0 Å². The van der Waals surface area contributed by atoms with Gasteiger partial charge in [-0.05, 0) is 12.2 Å². The molecule has 7 heteroatoms. The molecule has 2 fully saturated rings. The van der Waals surface area contributed by atoms with Gasteiger partial charge in [0.05, 0.1) is 13.2 Å². The van der Waals surface area contributed by atoms with Gasteiger partial charge in [0.2, 0.25) is 0 Å². The van der Waals surface area contributed by atoms with E-state index in [0.29, 0.717) is 5.96 Å². The summed E-state index contributed by atoms with van der Waals surface area (Å²) in [5.74, 6) is 2.95. The molecule has 18 heavy (non-hydrogen) atoms. The van der Waals surface area contributed by atoms with Gasteiger partial charge in [-0.25, -0.2) is 0 Å². The average Bonchev–Trinajstić information content (AvgIpc) is 2.87. The molecule has 0 aromatic carbocycles. The van der Waals surface area contributed by atoms with Crippen molar-refractivity contribution in [2.75, 3.05) is 51.4 Å². The highest BCUT2D eigenvalue weighted by atomic mass is 127. The molecule has 0 radical (unpaired) electrons. The monoisotopic (exact) mass is 386 g/mol. The Hall–Kier alpha value is 0.270. The normalized spacial score (nSPS) is 29.9. The van der Waals surface area contributed by atoms with E-state index in [9.17, 15) is 0 Å². The number of halogens is 1. The standard InChI is InChI=1S/C11H22N4OS.HI/c1-13-10(12)14-8-11(2-7-17-9-11)15-3-5-16-6-4-15;/h2-9H2,1H3,(H3,12,13,14);1H. The van der Waals surface area contributed by atoms with Gasteiger partial charge in [0.15, 0.2) is 5.96 Å². The van der Waals surface area contributed by atoms with Crippen LogP contribution in [-0.4, -0.2) is 67.8 Å². The Labute approximate surface area is 130 Å². The summed E-state index contributed by atoms with van der Waals surface area (Å²) >= 11 is 2.03. The second kappa shape index (κ2) is 7.76. The Bertz CT molecular complexity index is 278. The second-order valence-corrected chi connectivity index (χ2v) is 5.69. The largest absolute Gasteiger partial charge is 0.379 e. The van der Waals surface area contributed by atoms with Gasteiger partial charge in [-0.15, -0.1) is 24.0 Å². The molecule has 2 saturated heterocycles. The number of nitrogens with two attached hydrogens (primary N) is 1. The third kappa shape index (κ3) is 3.88. The van der Waals surface area contributed by atoms with Crippen LogP contribution in [0.3, 0.4) is 0 Å². The zero-order valence-electron chi connectivity index (χ0n) is 10.9. The lowest BCUT2D eigenvalue weighted by Crippen LogP contribution is -2.59. The SMILES string of the molecule is CN=C(N)NCC1(N2CCOCC2)CCSC1.I. The number of guanidine groups is 1. The van der Waals surface area contributed by atoms with Gasteiger partial charge in [-0.3, -0.25) is 9.89 Å². The van der Waals surface area contributed by atoms with Crippen LogP contribution in [0.25, 0.3) is 0 Å². The zero-order valence-corrected chi connectivity index (χ0v) is 14.0. The quantitative estimate of drug-likeness (QED) is 0.416. The maximum absolute atomic E-state index is 5.73. The lowest BCUT2D eigenvalue weighted by molar-refractivity contribution is -0.0119. The molecule has 1 unspecified atom stereocenters. The van der Waals surface area contributed by atoms with E-state index in [0.717, 1.165) is 32.8 Å². The van der Waals surface area contributed by atoms with Crippen LogP contribution in [0.2, 0.25) is 0 Å². The molecule has 0 aromatic heterocycles. The highest BCUT2D eigenvalue weighted by Gasteiger charge is 2.40. The molecular weight excluding hydrogens is 363 g/mol. The molecule has 3 N–H and O–H groups in total. The van der Waals surface area contributed by atoms with Gasteiger partial charge in [0.1, 0.15) is 0 Å². The van der Waals surface area contributed by atoms with Crippen LogP contribution in [0.4, 0.5) is 0 Å². The topological polar surface area (TPSA) is 62.9 Å². The van der Waals surface area contributed by atoms with Crippen LogP contribution in [0.1, 0.15) is 6.42 Å². The molecule has 106 valence electrons. The molecule has 0 aliphatic carbocycles. The minimum Gasteiger partial charge on any atom is -0.379 e. The van der Waals surface area contributed by atoms with Gasteiger partial charge in [-0.1, -0.05) is 0 Å². The maximum Gasteiger partial charge on any atom is 0.188 e. The molecule has 5 nitrogen and oxygen atoms in total. The van der Waals surface area contributed by atoms with Crippen molar-refractivity contribution in [3.8, 4) is 0 Å². The van der Waals surface area contributed by atoms with Crippen LogP contribution in [0.5, 0.6) is 0 Å². The van der Waals surface area contributed by atoms with Crippen molar-refractivity contribution < 1.29 is 4.74 Å². The van der Waals surface area contributed by atoms with E-state index < -0.39 is 0 Å². The smallest absolute Gasteiger partial charge is 0.188 e. The summed E-state index contributed by atoms with van der Waals surface area (Å²) in [5, 5.41) is 3.24. The first kappa shape index (κ1) is 16.3. The molecule has 2 heterocycles. The van der Waals surface area contributed by atoms with E-state index in [4.69, 9.17) is 10.5 Å². The zero-order chi connectivity index (χ0) is 12.1. The third-order valence-corrected chi connectivity index (χ3v) is 4.84. The van der Waals surface area contributed by atoms with E-state index in [1.807, 2.05) is 11.8 Å². The Morgan fingerprint density at radius 3 is 2.78 bits per heavy atom. The number of nitrogens with one attached hydrogen (secondary N) is 1. The summed E-state index contributed by atoms with van der Waals surface area (Å²) < 4.78 is 5.43. The number of thioether (sulfide) groups is 1. The van der Waals surface area contributed by atoms with Crippen molar-refractivity contribution in [3.05, 3.63) is 0 Å². The van der Waals surface area contributed by atoms with Gasteiger partial charge >= 0.3 is 0 Å². The van der Waals surface area contributed by atoms with Crippen molar-refractivity contribution in [2.24, 2.45) is 10.7 Å². The third-order valence-electron chi connectivity index (χ3n) is 3.60.